The first-order valence-corrected chi connectivity index (χ1v) is 7.01. The molecule has 0 amide bonds. The van der Waals surface area contributed by atoms with Crippen LogP contribution < -0.4 is 15.4 Å². The monoisotopic (exact) mass is 310 g/mol. The molecule has 0 saturated carbocycles. The molecule has 0 spiro atoms. The van der Waals surface area contributed by atoms with E-state index in [-0.39, 0.29) is 0 Å². The van der Waals surface area contributed by atoms with Crippen molar-refractivity contribution < 1.29 is 4.74 Å². The highest BCUT2D eigenvalue weighted by Crippen LogP contribution is 2.24. The van der Waals surface area contributed by atoms with Crippen LogP contribution in [0.3, 0.4) is 0 Å². The van der Waals surface area contributed by atoms with E-state index in [1.807, 2.05) is 36.4 Å². The molecular weight excluding hydrogens is 295 g/mol. The molecule has 106 valence electrons. The van der Waals surface area contributed by atoms with E-state index in [4.69, 9.17) is 27.9 Å². The molecule has 0 unspecified atom stereocenters. The van der Waals surface area contributed by atoms with E-state index in [0.29, 0.717) is 10.0 Å². The first kappa shape index (κ1) is 14.8. The number of benzene rings is 2. The Hall–Kier alpha value is -1.58. The fraction of sp³-hybridized carbons (Fsp3) is 0.200. The van der Waals surface area contributed by atoms with Crippen molar-refractivity contribution >= 4 is 34.6 Å². The Labute approximate surface area is 128 Å². The maximum absolute atomic E-state index is 5.95. The third kappa shape index (κ3) is 4.22. The van der Waals surface area contributed by atoms with E-state index in [2.05, 4.69) is 10.6 Å². The SMILES string of the molecule is COc1ccc(NCCNc2ccc(Cl)c(Cl)c2)cc1. The summed E-state index contributed by atoms with van der Waals surface area (Å²) in [6, 6.07) is 13.3. The largest absolute Gasteiger partial charge is 0.497 e. The fourth-order valence-electron chi connectivity index (χ4n) is 1.73. The standard InChI is InChI=1S/C15H16Cl2N2O/c1-20-13-5-2-11(3-6-13)18-8-9-19-12-4-7-14(16)15(17)10-12/h2-7,10,18-19H,8-9H2,1H3. The molecule has 2 N–H and O–H groups in total. The van der Waals surface area contributed by atoms with Gasteiger partial charge in [0.2, 0.25) is 0 Å². The van der Waals surface area contributed by atoms with Gasteiger partial charge in [0.1, 0.15) is 5.75 Å². The lowest BCUT2D eigenvalue weighted by Crippen LogP contribution is -2.13. The highest BCUT2D eigenvalue weighted by Gasteiger charge is 1.99. The van der Waals surface area contributed by atoms with Gasteiger partial charge in [0.25, 0.3) is 0 Å². The van der Waals surface area contributed by atoms with Gasteiger partial charge in [-0.25, -0.2) is 0 Å². The summed E-state index contributed by atoms with van der Waals surface area (Å²) in [5.74, 6) is 0.851. The van der Waals surface area contributed by atoms with Gasteiger partial charge in [0, 0.05) is 24.5 Å². The summed E-state index contributed by atoms with van der Waals surface area (Å²) in [6.07, 6.45) is 0. The van der Waals surface area contributed by atoms with Crippen LogP contribution in [0.1, 0.15) is 0 Å². The minimum Gasteiger partial charge on any atom is -0.497 e. The topological polar surface area (TPSA) is 33.3 Å². The van der Waals surface area contributed by atoms with Gasteiger partial charge in [0.15, 0.2) is 0 Å². The van der Waals surface area contributed by atoms with Crippen molar-refractivity contribution in [3.05, 3.63) is 52.5 Å². The molecule has 0 fully saturated rings. The number of nitrogens with one attached hydrogen (secondary N) is 2. The van der Waals surface area contributed by atoms with Gasteiger partial charge in [0.05, 0.1) is 17.2 Å². The van der Waals surface area contributed by atoms with Crippen LogP contribution in [-0.4, -0.2) is 20.2 Å². The third-order valence-electron chi connectivity index (χ3n) is 2.79. The van der Waals surface area contributed by atoms with Crippen LogP contribution >= 0.6 is 23.2 Å². The summed E-state index contributed by atoms with van der Waals surface area (Å²) in [5, 5.41) is 7.71. The lowest BCUT2D eigenvalue weighted by atomic mass is 10.3. The quantitative estimate of drug-likeness (QED) is 0.769. The Balaban J connectivity index is 1.76. The fourth-order valence-corrected chi connectivity index (χ4v) is 2.03. The molecule has 0 aliphatic heterocycles. The number of halogens is 2. The molecule has 2 aromatic carbocycles. The van der Waals surface area contributed by atoms with Gasteiger partial charge in [-0.05, 0) is 42.5 Å². The Morgan fingerprint density at radius 1 is 0.850 bits per heavy atom. The van der Waals surface area contributed by atoms with Crippen LogP contribution in [0.4, 0.5) is 11.4 Å². The molecule has 0 saturated heterocycles. The zero-order chi connectivity index (χ0) is 14.4. The predicted molar refractivity (Wildman–Crippen MR) is 86.4 cm³/mol. The van der Waals surface area contributed by atoms with Crippen LogP contribution in [-0.2, 0) is 0 Å². The molecule has 0 aliphatic carbocycles. The van der Waals surface area contributed by atoms with Gasteiger partial charge >= 0.3 is 0 Å². The zero-order valence-electron chi connectivity index (χ0n) is 11.1. The highest BCUT2D eigenvalue weighted by molar-refractivity contribution is 6.42. The minimum absolute atomic E-state index is 0.555. The normalized spacial score (nSPS) is 10.2. The molecule has 2 rings (SSSR count). The maximum atomic E-state index is 5.95. The molecule has 0 aliphatic rings. The molecule has 3 nitrogen and oxygen atoms in total. The molecule has 2 aromatic rings. The number of hydrogen-bond acceptors (Lipinski definition) is 3. The Kier molecular flexibility index (Phi) is 5.39. The summed E-state index contributed by atoms with van der Waals surface area (Å²) in [7, 11) is 1.66. The summed E-state index contributed by atoms with van der Waals surface area (Å²) < 4.78 is 5.11. The van der Waals surface area contributed by atoms with E-state index in [1.165, 1.54) is 0 Å². The Bertz CT molecular complexity index is 558. The molecule has 0 heterocycles. The molecule has 0 bridgehead atoms. The average molecular weight is 311 g/mol. The van der Waals surface area contributed by atoms with E-state index in [9.17, 15) is 0 Å². The zero-order valence-corrected chi connectivity index (χ0v) is 12.6. The lowest BCUT2D eigenvalue weighted by molar-refractivity contribution is 0.415. The van der Waals surface area contributed by atoms with Crippen molar-refractivity contribution in [2.75, 3.05) is 30.8 Å². The van der Waals surface area contributed by atoms with E-state index in [0.717, 1.165) is 30.2 Å². The van der Waals surface area contributed by atoms with E-state index >= 15 is 0 Å². The van der Waals surface area contributed by atoms with Crippen molar-refractivity contribution in [1.82, 2.24) is 0 Å². The van der Waals surface area contributed by atoms with Gasteiger partial charge < -0.3 is 15.4 Å². The number of rotatable bonds is 6. The van der Waals surface area contributed by atoms with Gasteiger partial charge in [-0.3, -0.25) is 0 Å². The van der Waals surface area contributed by atoms with Crippen LogP contribution in [0, 0.1) is 0 Å². The van der Waals surface area contributed by atoms with Crippen LogP contribution in [0.15, 0.2) is 42.5 Å². The van der Waals surface area contributed by atoms with Gasteiger partial charge in [-0.2, -0.15) is 0 Å². The second-order valence-corrected chi connectivity index (χ2v) is 5.03. The van der Waals surface area contributed by atoms with Crippen molar-refractivity contribution in [1.29, 1.82) is 0 Å². The maximum Gasteiger partial charge on any atom is 0.119 e. The summed E-state index contributed by atoms with van der Waals surface area (Å²) in [4.78, 5) is 0. The Morgan fingerprint density at radius 3 is 2.05 bits per heavy atom. The first-order valence-electron chi connectivity index (χ1n) is 6.26. The molecular formula is C15H16Cl2N2O. The summed E-state index contributed by atoms with van der Waals surface area (Å²) in [6.45, 7) is 1.58. The van der Waals surface area contributed by atoms with Gasteiger partial charge in [-0.1, -0.05) is 23.2 Å². The molecule has 0 atom stereocenters. The van der Waals surface area contributed by atoms with Crippen molar-refractivity contribution in [3.8, 4) is 5.75 Å². The van der Waals surface area contributed by atoms with Crippen LogP contribution in [0.2, 0.25) is 10.0 Å². The lowest BCUT2D eigenvalue weighted by Gasteiger charge is -2.10. The first-order chi connectivity index (χ1) is 9.69. The summed E-state index contributed by atoms with van der Waals surface area (Å²) >= 11 is 11.8. The Morgan fingerprint density at radius 2 is 1.45 bits per heavy atom. The third-order valence-corrected chi connectivity index (χ3v) is 3.53. The van der Waals surface area contributed by atoms with E-state index in [1.54, 1.807) is 13.2 Å². The average Bonchev–Trinajstić information content (AvgIpc) is 2.48. The number of anilines is 2. The second-order valence-electron chi connectivity index (χ2n) is 4.21. The number of ether oxygens (including phenoxy) is 1. The smallest absolute Gasteiger partial charge is 0.119 e. The summed E-state index contributed by atoms with van der Waals surface area (Å²) in [5.41, 5.74) is 2.01. The molecule has 5 heteroatoms. The van der Waals surface area contributed by atoms with Crippen LogP contribution in [0.5, 0.6) is 5.75 Å². The van der Waals surface area contributed by atoms with Crippen LogP contribution in [0.25, 0.3) is 0 Å². The highest BCUT2D eigenvalue weighted by atomic mass is 35.5. The second kappa shape index (κ2) is 7.27. The molecule has 20 heavy (non-hydrogen) atoms. The van der Waals surface area contributed by atoms with E-state index < -0.39 is 0 Å². The molecule has 0 radical (unpaired) electrons. The molecule has 0 aromatic heterocycles. The number of methoxy groups -OCH3 is 1. The number of hydrogen-bond donors (Lipinski definition) is 2. The van der Waals surface area contributed by atoms with Crippen molar-refractivity contribution in [3.63, 3.8) is 0 Å². The van der Waals surface area contributed by atoms with Crippen molar-refractivity contribution in [2.45, 2.75) is 0 Å². The predicted octanol–water partition coefficient (Wildman–Crippen LogP) is 4.53. The minimum atomic E-state index is 0.555. The van der Waals surface area contributed by atoms with Crippen molar-refractivity contribution in [2.24, 2.45) is 0 Å². The van der Waals surface area contributed by atoms with Gasteiger partial charge in [-0.15, -0.1) is 0 Å².